The van der Waals surface area contributed by atoms with Gasteiger partial charge in [-0.05, 0) is 44.1 Å². The molecule has 6 nitrogen and oxygen atoms in total. The van der Waals surface area contributed by atoms with Crippen molar-refractivity contribution in [3.05, 3.63) is 23.8 Å². The fourth-order valence-corrected chi connectivity index (χ4v) is 2.95. The van der Waals surface area contributed by atoms with Crippen LogP contribution in [0.15, 0.2) is 23.2 Å². The summed E-state index contributed by atoms with van der Waals surface area (Å²) in [5, 5.41) is 6.38. The van der Waals surface area contributed by atoms with Gasteiger partial charge in [0.2, 0.25) is 0 Å². The predicted molar refractivity (Wildman–Crippen MR) is 98.1 cm³/mol. The summed E-state index contributed by atoms with van der Waals surface area (Å²) in [6, 6.07) is 4.74. The van der Waals surface area contributed by atoms with Crippen LogP contribution in [0.4, 0.5) is 8.78 Å². The molecule has 0 amide bonds. The molecule has 8 heteroatoms. The van der Waals surface area contributed by atoms with E-state index in [0.717, 1.165) is 26.2 Å². The Bertz CT molecular complexity index is 578. The number of aliphatic imine (C=N–C) groups is 1. The number of alkyl halides is 2. The van der Waals surface area contributed by atoms with Gasteiger partial charge in [-0.25, -0.2) is 0 Å². The van der Waals surface area contributed by atoms with Gasteiger partial charge in [0.15, 0.2) is 5.96 Å². The highest BCUT2D eigenvalue weighted by Gasteiger charge is 2.12. The smallest absolute Gasteiger partial charge is 0.387 e. The Morgan fingerprint density at radius 2 is 2.00 bits per heavy atom. The molecular formula is C18H28F2N4O2. The van der Waals surface area contributed by atoms with Crippen LogP contribution in [0.2, 0.25) is 0 Å². The fourth-order valence-electron chi connectivity index (χ4n) is 2.95. The van der Waals surface area contributed by atoms with Gasteiger partial charge in [-0.3, -0.25) is 4.99 Å². The third-order valence-electron chi connectivity index (χ3n) is 4.32. The molecule has 2 N–H and O–H groups in total. The lowest BCUT2D eigenvalue weighted by atomic mass is 10.1. The standard InChI is InChI=1S/C18H28F2N4O2/c1-21-18(22-8-11-24-9-4-3-5-10-24)23-13-14-12-15(25-2)6-7-16(14)26-17(19)20/h6-7,12,17H,3-5,8-11,13H2,1-2H3,(H2,21,22,23). The number of likely N-dealkylation sites (tertiary alicyclic amines) is 1. The van der Waals surface area contributed by atoms with Crippen LogP contribution in [0.1, 0.15) is 24.8 Å². The summed E-state index contributed by atoms with van der Waals surface area (Å²) in [6.45, 7) is 1.45. The molecule has 2 rings (SSSR count). The molecule has 26 heavy (non-hydrogen) atoms. The van der Waals surface area contributed by atoms with Gasteiger partial charge >= 0.3 is 6.61 Å². The third kappa shape index (κ3) is 6.67. The molecular weight excluding hydrogens is 342 g/mol. The number of benzene rings is 1. The van der Waals surface area contributed by atoms with Crippen LogP contribution in [-0.4, -0.2) is 57.8 Å². The van der Waals surface area contributed by atoms with E-state index < -0.39 is 6.61 Å². The van der Waals surface area contributed by atoms with Gasteiger partial charge in [-0.2, -0.15) is 8.78 Å². The molecule has 1 aromatic rings. The maximum absolute atomic E-state index is 12.6. The molecule has 0 unspecified atom stereocenters. The van der Waals surface area contributed by atoms with Crippen LogP contribution in [-0.2, 0) is 6.54 Å². The zero-order valence-electron chi connectivity index (χ0n) is 15.4. The van der Waals surface area contributed by atoms with Gasteiger partial charge in [-0.15, -0.1) is 0 Å². The lowest BCUT2D eigenvalue weighted by Crippen LogP contribution is -2.42. The number of guanidine groups is 1. The van der Waals surface area contributed by atoms with E-state index in [9.17, 15) is 8.78 Å². The molecule has 0 atom stereocenters. The lowest BCUT2D eigenvalue weighted by Gasteiger charge is -2.26. The Morgan fingerprint density at radius 3 is 2.65 bits per heavy atom. The Morgan fingerprint density at radius 1 is 1.23 bits per heavy atom. The molecule has 0 aliphatic carbocycles. The van der Waals surface area contributed by atoms with Gasteiger partial charge in [0.1, 0.15) is 11.5 Å². The molecule has 1 saturated heterocycles. The molecule has 1 fully saturated rings. The van der Waals surface area contributed by atoms with E-state index in [0.29, 0.717) is 23.8 Å². The summed E-state index contributed by atoms with van der Waals surface area (Å²) in [5.74, 6) is 1.32. The number of nitrogens with zero attached hydrogens (tertiary/aromatic N) is 2. The minimum absolute atomic E-state index is 0.122. The molecule has 0 saturated carbocycles. The number of ether oxygens (including phenoxy) is 2. The van der Waals surface area contributed by atoms with E-state index in [1.807, 2.05) is 0 Å². The minimum atomic E-state index is -2.87. The Hall–Kier alpha value is -2.09. The van der Waals surface area contributed by atoms with Crippen molar-refractivity contribution in [3.63, 3.8) is 0 Å². The minimum Gasteiger partial charge on any atom is -0.497 e. The van der Waals surface area contributed by atoms with Crippen LogP contribution >= 0.6 is 0 Å². The molecule has 1 aromatic carbocycles. The van der Waals surface area contributed by atoms with Gasteiger partial charge in [0, 0.05) is 32.2 Å². The quantitative estimate of drug-likeness (QED) is 0.544. The monoisotopic (exact) mass is 370 g/mol. The SMILES string of the molecule is CN=C(NCCN1CCCCC1)NCc1cc(OC)ccc1OC(F)F. The summed E-state index contributed by atoms with van der Waals surface area (Å²) in [6.07, 6.45) is 3.84. The zero-order valence-corrected chi connectivity index (χ0v) is 15.4. The topological polar surface area (TPSA) is 58.1 Å². The molecule has 0 radical (unpaired) electrons. The number of rotatable bonds is 8. The highest BCUT2D eigenvalue weighted by atomic mass is 19.3. The Balaban J connectivity index is 1.86. The number of hydrogen-bond acceptors (Lipinski definition) is 4. The molecule has 1 aliphatic heterocycles. The molecule has 1 aliphatic rings. The van der Waals surface area contributed by atoms with E-state index in [4.69, 9.17) is 4.74 Å². The maximum Gasteiger partial charge on any atom is 0.387 e. The van der Waals surface area contributed by atoms with Crippen molar-refractivity contribution < 1.29 is 18.3 Å². The van der Waals surface area contributed by atoms with Crippen LogP contribution in [0.25, 0.3) is 0 Å². The van der Waals surface area contributed by atoms with Crippen molar-refractivity contribution in [1.29, 1.82) is 0 Å². The van der Waals surface area contributed by atoms with Crippen molar-refractivity contribution in [1.82, 2.24) is 15.5 Å². The Labute approximate surface area is 153 Å². The van der Waals surface area contributed by atoms with Gasteiger partial charge in [-0.1, -0.05) is 6.42 Å². The zero-order chi connectivity index (χ0) is 18.8. The normalized spacial score (nSPS) is 15.8. The summed E-state index contributed by atoms with van der Waals surface area (Å²) in [7, 11) is 3.21. The predicted octanol–water partition coefficient (Wildman–Crippen LogP) is 2.45. The number of piperidine rings is 1. The Kier molecular flexibility index (Phi) is 8.40. The first-order valence-corrected chi connectivity index (χ1v) is 8.91. The summed E-state index contributed by atoms with van der Waals surface area (Å²) >= 11 is 0. The fraction of sp³-hybridized carbons (Fsp3) is 0.611. The highest BCUT2D eigenvalue weighted by molar-refractivity contribution is 5.79. The second-order valence-electron chi connectivity index (χ2n) is 6.11. The number of methoxy groups -OCH3 is 1. The summed E-state index contributed by atoms with van der Waals surface area (Å²) in [4.78, 5) is 6.61. The number of halogens is 2. The first kappa shape index (κ1) is 20.2. The van der Waals surface area contributed by atoms with Crippen molar-refractivity contribution >= 4 is 5.96 Å². The molecule has 0 aromatic heterocycles. The van der Waals surface area contributed by atoms with Gasteiger partial charge < -0.3 is 25.0 Å². The largest absolute Gasteiger partial charge is 0.497 e. The first-order valence-electron chi connectivity index (χ1n) is 8.91. The first-order chi connectivity index (χ1) is 12.6. The van der Waals surface area contributed by atoms with Crippen LogP contribution in [0.5, 0.6) is 11.5 Å². The molecule has 1 heterocycles. The van der Waals surface area contributed by atoms with Gasteiger partial charge in [0.25, 0.3) is 0 Å². The maximum atomic E-state index is 12.6. The number of hydrogen-bond donors (Lipinski definition) is 2. The second-order valence-corrected chi connectivity index (χ2v) is 6.11. The van der Waals surface area contributed by atoms with Crippen molar-refractivity contribution in [3.8, 4) is 11.5 Å². The molecule has 0 spiro atoms. The van der Waals surface area contributed by atoms with E-state index in [-0.39, 0.29) is 5.75 Å². The van der Waals surface area contributed by atoms with E-state index in [2.05, 4.69) is 25.3 Å². The van der Waals surface area contributed by atoms with E-state index in [1.54, 1.807) is 19.2 Å². The van der Waals surface area contributed by atoms with Crippen LogP contribution in [0.3, 0.4) is 0 Å². The summed E-state index contributed by atoms with van der Waals surface area (Å²) < 4.78 is 34.9. The highest BCUT2D eigenvalue weighted by Crippen LogP contribution is 2.25. The molecule has 0 bridgehead atoms. The average molecular weight is 370 g/mol. The summed E-state index contributed by atoms with van der Waals surface area (Å²) in [5.41, 5.74) is 0.573. The second kappa shape index (κ2) is 10.8. The van der Waals surface area contributed by atoms with E-state index in [1.165, 1.54) is 32.4 Å². The van der Waals surface area contributed by atoms with Gasteiger partial charge in [0.05, 0.1) is 7.11 Å². The lowest BCUT2D eigenvalue weighted by molar-refractivity contribution is -0.0504. The molecule has 146 valence electrons. The van der Waals surface area contributed by atoms with Crippen molar-refractivity contribution in [2.45, 2.75) is 32.4 Å². The van der Waals surface area contributed by atoms with Crippen LogP contribution < -0.4 is 20.1 Å². The van der Waals surface area contributed by atoms with Crippen molar-refractivity contribution in [2.24, 2.45) is 4.99 Å². The van der Waals surface area contributed by atoms with Crippen molar-refractivity contribution in [2.75, 3.05) is 40.3 Å². The van der Waals surface area contributed by atoms with E-state index >= 15 is 0 Å². The number of nitrogens with one attached hydrogen (secondary N) is 2. The average Bonchev–Trinajstić information content (AvgIpc) is 2.65. The van der Waals surface area contributed by atoms with Crippen LogP contribution in [0, 0.1) is 0 Å². The third-order valence-corrected chi connectivity index (χ3v) is 4.32.